The van der Waals surface area contributed by atoms with E-state index < -0.39 is 15.8 Å². The maximum Gasteiger partial charge on any atom is 0.254 e. The molecule has 0 atom stereocenters. The molecule has 1 amide bonds. The Hall–Kier alpha value is -2.65. The topological polar surface area (TPSA) is 76.2 Å². The van der Waals surface area contributed by atoms with Crippen LogP contribution in [0.5, 0.6) is 11.5 Å². The molecule has 2 aromatic rings. The number of carbonyl (C=O) groups is 1. The van der Waals surface area contributed by atoms with E-state index in [0.29, 0.717) is 23.7 Å². The number of hydrogen-bond acceptors (Lipinski definition) is 5. The SMILES string of the molecule is CCOc1ccc(C(=O)N2CCN(S(=O)(=O)c3ccc(F)cc3)CC2)cc1OC. The van der Waals surface area contributed by atoms with Crippen molar-refractivity contribution in [2.45, 2.75) is 11.8 Å². The monoisotopic (exact) mass is 422 g/mol. The molecule has 1 heterocycles. The van der Waals surface area contributed by atoms with Crippen molar-refractivity contribution in [3.8, 4) is 11.5 Å². The summed E-state index contributed by atoms with van der Waals surface area (Å²) >= 11 is 0. The van der Waals surface area contributed by atoms with Crippen LogP contribution in [0.3, 0.4) is 0 Å². The molecule has 0 bridgehead atoms. The van der Waals surface area contributed by atoms with Gasteiger partial charge in [-0.15, -0.1) is 0 Å². The molecule has 9 heteroatoms. The number of methoxy groups -OCH3 is 1. The average Bonchev–Trinajstić information content (AvgIpc) is 2.74. The van der Waals surface area contributed by atoms with Crippen LogP contribution >= 0.6 is 0 Å². The molecular formula is C20H23FN2O5S. The normalized spacial score (nSPS) is 15.2. The lowest BCUT2D eigenvalue weighted by Gasteiger charge is -2.34. The number of carbonyl (C=O) groups excluding carboxylic acids is 1. The van der Waals surface area contributed by atoms with E-state index in [9.17, 15) is 17.6 Å². The van der Waals surface area contributed by atoms with Gasteiger partial charge in [-0.3, -0.25) is 4.79 Å². The second kappa shape index (κ2) is 8.79. The highest BCUT2D eigenvalue weighted by molar-refractivity contribution is 7.89. The summed E-state index contributed by atoms with van der Waals surface area (Å²) in [5.74, 6) is 0.326. The Balaban J connectivity index is 1.69. The average molecular weight is 422 g/mol. The van der Waals surface area contributed by atoms with E-state index in [2.05, 4.69) is 0 Å². The molecule has 0 aromatic heterocycles. The van der Waals surface area contributed by atoms with Crippen LogP contribution in [0.25, 0.3) is 0 Å². The van der Waals surface area contributed by atoms with Gasteiger partial charge in [-0.25, -0.2) is 12.8 Å². The van der Waals surface area contributed by atoms with Crippen LogP contribution in [0.2, 0.25) is 0 Å². The van der Waals surface area contributed by atoms with Gasteiger partial charge in [0.15, 0.2) is 11.5 Å². The van der Waals surface area contributed by atoms with E-state index in [1.807, 2.05) is 6.92 Å². The summed E-state index contributed by atoms with van der Waals surface area (Å²) < 4.78 is 50.5. The fourth-order valence-corrected chi connectivity index (χ4v) is 4.57. The van der Waals surface area contributed by atoms with Gasteiger partial charge in [0.25, 0.3) is 5.91 Å². The maximum atomic E-state index is 13.1. The molecule has 0 saturated carbocycles. The summed E-state index contributed by atoms with van der Waals surface area (Å²) in [7, 11) is -2.22. The number of sulfonamides is 1. The molecule has 3 rings (SSSR count). The van der Waals surface area contributed by atoms with Crippen molar-refractivity contribution in [2.24, 2.45) is 0 Å². The van der Waals surface area contributed by atoms with Crippen LogP contribution in [-0.2, 0) is 10.0 Å². The Labute approximate surface area is 169 Å². The van der Waals surface area contributed by atoms with Crippen LogP contribution in [0.4, 0.5) is 4.39 Å². The van der Waals surface area contributed by atoms with Crippen LogP contribution in [0.15, 0.2) is 47.4 Å². The summed E-state index contributed by atoms with van der Waals surface area (Å²) in [6, 6.07) is 9.69. The molecule has 1 aliphatic rings. The van der Waals surface area contributed by atoms with E-state index in [1.54, 1.807) is 23.1 Å². The van der Waals surface area contributed by atoms with Crippen molar-refractivity contribution >= 4 is 15.9 Å². The number of rotatable bonds is 6. The molecule has 0 unspecified atom stereocenters. The van der Waals surface area contributed by atoms with Crippen molar-refractivity contribution in [3.63, 3.8) is 0 Å². The van der Waals surface area contributed by atoms with Gasteiger partial charge in [0, 0.05) is 31.7 Å². The summed E-state index contributed by atoms with van der Waals surface area (Å²) in [5, 5.41) is 0. The molecule has 1 aliphatic heterocycles. The Morgan fingerprint density at radius 1 is 1.03 bits per heavy atom. The smallest absolute Gasteiger partial charge is 0.254 e. The van der Waals surface area contributed by atoms with Crippen molar-refractivity contribution in [1.82, 2.24) is 9.21 Å². The van der Waals surface area contributed by atoms with Crippen LogP contribution < -0.4 is 9.47 Å². The van der Waals surface area contributed by atoms with E-state index in [1.165, 1.54) is 23.5 Å². The summed E-state index contributed by atoms with van der Waals surface area (Å²) in [6.07, 6.45) is 0. The number of ether oxygens (including phenoxy) is 2. The largest absolute Gasteiger partial charge is 0.493 e. The highest BCUT2D eigenvalue weighted by Gasteiger charge is 2.30. The first-order valence-electron chi connectivity index (χ1n) is 9.22. The van der Waals surface area contributed by atoms with Crippen molar-refractivity contribution in [1.29, 1.82) is 0 Å². The summed E-state index contributed by atoms with van der Waals surface area (Å²) in [4.78, 5) is 14.5. The third-order valence-electron chi connectivity index (χ3n) is 4.69. The zero-order valence-electron chi connectivity index (χ0n) is 16.3. The molecule has 0 spiro atoms. The number of nitrogens with zero attached hydrogens (tertiary/aromatic N) is 2. The minimum absolute atomic E-state index is 0.0370. The summed E-state index contributed by atoms with van der Waals surface area (Å²) in [6.45, 7) is 3.19. The molecule has 1 fully saturated rings. The third-order valence-corrected chi connectivity index (χ3v) is 6.60. The maximum absolute atomic E-state index is 13.1. The Morgan fingerprint density at radius 3 is 2.28 bits per heavy atom. The number of amides is 1. The predicted octanol–water partition coefficient (Wildman–Crippen LogP) is 2.38. The fourth-order valence-electron chi connectivity index (χ4n) is 3.15. The molecule has 0 radical (unpaired) electrons. The van der Waals surface area contributed by atoms with Crippen molar-refractivity contribution in [3.05, 3.63) is 53.8 Å². The van der Waals surface area contributed by atoms with E-state index in [4.69, 9.17) is 9.47 Å². The second-order valence-electron chi connectivity index (χ2n) is 6.45. The number of benzene rings is 2. The minimum atomic E-state index is -3.72. The van der Waals surface area contributed by atoms with Gasteiger partial charge in [-0.05, 0) is 49.4 Å². The zero-order chi connectivity index (χ0) is 21.0. The van der Waals surface area contributed by atoms with Gasteiger partial charge < -0.3 is 14.4 Å². The highest BCUT2D eigenvalue weighted by Crippen LogP contribution is 2.29. The molecule has 0 aliphatic carbocycles. The fraction of sp³-hybridized carbons (Fsp3) is 0.350. The lowest BCUT2D eigenvalue weighted by Crippen LogP contribution is -2.50. The molecule has 2 aromatic carbocycles. The van der Waals surface area contributed by atoms with E-state index in [-0.39, 0.29) is 37.0 Å². The minimum Gasteiger partial charge on any atom is -0.493 e. The molecule has 7 nitrogen and oxygen atoms in total. The van der Waals surface area contributed by atoms with Gasteiger partial charge in [-0.2, -0.15) is 4.31 Å². The van der Waals surface area contributed by atoms with Gasteiger partial charge >= 0.3 is 0 Å². The molecule has 0 N–H and O–H groups in total. The lowest BCUT2D eigenvalue weighted by molar-refractivity contribution is 0.0697. The Kier molecular flexibility index (Phi) is 6.39. The third kappa shape index (κ3) is 4.51. The molecule has 29 heavy (non-hydrogen) atoms. The van der Waals surface area contributed by atoms with E-state index >= 15 is 0 Å². The second-order valence-corrected chi connectivity index (χ2v) is 8.39. The molecular weight excluding hydrogens is 399 g/mol. The summed E-state index contributed by atoms with van der Waals surface area (Å²) in [5.41, 5.74) is 0.445. The Bertz CT molecular complexity index is 971. The van der Waals surface area contributed by atoms with Gasteiger partial charge in [0.05, 0.1) is 18.6 Å². The number of halogens is 1. The lowest BCUT2D eigenvalue weighted by atomic mass is 10.1. The van der Waals surface area contributed by atoms with Crippen LogP contribution in [-0.4, -0.2) is 63.4 Å². The molecule has 156 valence electrons. The van der Waals surface area contributed by atoms with Crippen LogP contribution in [0, 0.1) is 5.82 Å². The van der Waals surface area contributed by atoms with Gasteiger partial charge in [-0.1, -0.05) is 0 Å². The quantitative estimate of drug-likeness (QED) is 0.715. The van der Waals surface area contributed by atoms with Gasteiger partial charge in [0.2, 0.25) is 10.0 Å². The van der Waals surface area contributed by atoms with Crippen molar-refractivity contribution in [2.75, 3.05) is 39.9 Å². The first-order chi connectivity index (χ1) is 13.9. The predicted molar refractivity (Wildman–Crippen MR) is 105 cm³/mol. The highest BCUT2D eigenvalue weighted by atomic mass is 32.2. The zero-order valence-corrected chi connectivity index (χ0v) is 17.1. The standard InChI is InChI=1S/C20H23FN2O5S/c1-3-28-18-9-4-15(14-19(18)27-2)20(24)22-10-12-23(13-11-22)29(25,26)17-7-5-16(21)6-8-17/h4-9,14H,3,10-13H2,1-2H3. The number of piperazine rings is 1. The first-order valence-corrected chi connectivity index (χ1v) is 10.7. The van der Waals surface area contributed by atoms with Crippen LogP contribution in [0.1, 0.15) is 17.3 Å². The van der Waals surface area contributed by atoms with Gasteiger partial charge in [0.1, 0.15) is 5.82 Å². The van der Waals surface area contributed by atoms with E-state index in [0.717, 1.165) is 12.1 Å². The molecule has 1 saturated heterocycles. The first kappa shape index (κ1) is 21.1. The van der Waals surface area contributed by atoms with Crippen molar-refractivity contribution < 1.29 is 27.1 Å². The Morgan fingerprint density at radius 2 is 1.69 bits per heavy atom. The number of hydrogen-bond donors (Lipinski definition) is 0.